The number of carbonyl (C=O) groups is 1. The number of carbonyl (C=O) groups excluding carboxylic acids is 1. The minimum Gasteiger partial charge on any atom is -0.493 e. The molecule has 192 valence electrons. The molecular weight excluding hydrogens is 522 g/mol. The van der Waals surface area contributed by atoms with Crippen LogP contribution in [-0.4, -0.2) is 28.3 Å². The van der Waals surface area contributed by atoms with Crippen LogP contribution in [0.15, 0.2) is 77.7 Å². The van der Waals surface area contributed by atoms with Gasteiger partial charge in [0.25, 0.3) is 5.91 Å². The van der Waals surface area contributed by atoms with Gasteiger partial charge in [-0.25, -0.2) is 0 Å². The molecule has 0 aliphatic carbocycles. The average Bonchev–Trinajstić information content (AvgIpc) is 3.12. The van der Waals surface area contributed by atoms with E-state index in [0.717, 1.165) is 16.9 Å². The lowest BCUT2D eigenvalue weighted by Crippen LogP contribution is -2.27. The Balaban J connectivity index is 1.35. The van der Waals surface area contributed by atoms with Gasteiger partial charge >= 0.3 is 0 Å². The number of thiocarbonyl (C=S) groups is 1. The van der Waals surface area contributed by atoms with E-state index in [1.165, 1.54) is 17.3 Å². The SMILES string of the molecule is CC(C)(C)c1ccc(OCCCOc2ccc(Cl)cc2C=C2SC(=S)N(Cc3ccccc3)C2=O)cc1. The van der Waals surface area contributed by atoms with E-state index in [9.17, 15) is 4.79 Å². The second-order valence-electron chi connectivity index (χ2n) is 9.76. The lowest BCUT2D eigenvalue weighted by Gasteiger charge is -2.19. The van der Waals surface area contributed by atoms with Crippen molar-refractivity contribution in [1.82, 2.24) is 4.90 Å². The van der Waals surface area contributed by atoms with E-state index >= 15 is 0 Å². The molecule has 3 aromatic carbocycles. The van der Waals surface area contributed by atoms with Crippen LogP contribution in [0.1, 0.15) is 43.9 Å². The van der Waals surface area contributed by atoms with Crippen LogP contribution in [0.2, 0.25) is 5.02 Å². The summed E-state index contributed by atoms with van der Waals surface area (Å²) < 4.78 is 12.5. The number of ether oxygens (including phenoxy) is 2. The number of nitrogens with zero attached hydrogens (tertiary/aromatic N) is 1. The number of hydrogen-bond donors (Lipinski definition) is 0. The third-order valence-corrected chi connectivity index (χ3v) is 7.46. The summed E-state index contributed by atoms with van der Waals surface area (Å²) in [6, 6.07) is 23.4. The maximum absolute atomic E-state index is 13.1. The average molecular weight is 552 g/mol. The molecule has 0 atom stereocenters. The van der Waals surface area contributed by atoms with Crippen LogP contribution < -0.4 is 9.47 Å². The molecule has 0 radical (unpaired) electrons. The monoisotopic (exact) mass is 551 g/mol. The predicted molar refractivity (Wildman–Crippen MR) is 157 cm³/mol. The van der Waals surface area contributed by atoms with Crippen LogP contribution in [0, 0.1) is 0 Å². The highest BCUT2D eigenvalue weighted by atomic mass is 35.5. The fraction of sp³-hybridized carbons (Fsp3) is 0.267. The Hall–Kier alpha value is -2.80. The van der Waals surface area contributed by atoms with Crippen molar-refractivity contribution in [2.24, 2.45) is 0 Å². The molecule has 0 bridgehead atoms. The van der Waals surface area contributed by atoms with E-state index in [4.69, 9.17) is 33.3 Å². The summed E-state index contributed by atoms with van der Waals surface area (Å²) in [6.45, 7) is 8.03. The third-order valence-electron chi connectivity index (χ3n) is 5.85. The van der Waals surface area contributed by atoms with Crippen molar-refractivity contribution in [2.75, 3.05) is 13.2 Å². The molecule has 1 aliphatic heterocycles. The van der Waals surface area contributed by atoms with E-state index in [-0.39, 0.29) is 11.3 Å². The van der Waals surface area contributed by atoms with Gasteiger partial charge in [-0.2, -0.15) is 0 Å². The van der Waals surface area contributed by atoms with Crippen molar-refractivity contribution >= 4 is 51.9 Å². The minimum atomic E-state index is -0.115. The Morgan fingerprint density at radius 1 is 0.973 bits per heavy atom. The van der Waals surface area contributed by atoms with Gasteiger partial charge in [0.1, 0.15) is 15.8 Å². The Morgan fingerprint density at radius 3 is 2.38 bits per heavy atom. The highest BCUT2D eigenvalue weighted by Gasteiger charge is 2.32. The molecule has 0 unspecified atom stereocenters. The molecule has 0 saturated carbocycles. The molecule has 7 heteroatoms. The molecule has 1 heterocycles. The molecule has 0 spiro atoms. The van der Waals surface area contributed by atoms with Crippen molar-refractivity contribution < 1.29 is 14.3 Å². The number of benzene rings is 3. The van der Waals surface area contributed by atoms with Crippen molar-refractivity contribution in [1.29, 1.82) is 0 Å². The van der Waals surface area contributed by atoms with Gasteiger partial charge in [-0.1, -0.05) is 98.8 Å². The molecule has 1 saturated heterocycles. The quantitative estimate of drug-likeness (QED) is 0.154. The molecule has 37 heavy (non-hydrogen) atoms. The Kier molecular flexibility index (Phi) is 8.95. The summed E-state index contributed by atoms with van der Waals surface area (Å²) in [5.41, 5.74) is 3.16. The molecular formula is C30H30ClNO3S2. The van der Waals surface area contributed by atoms with Gasteiger partial charge in [-0.3, -0.25) is 9.69 Å². The molecule has 1 amide bonds. The van der Waals surface area contributed by atoms with Crippen LogP contribution in [-0.2, 0) is 16.8 Å². The summed E-state index contributed by atoms with van der Waals surface area (Å²) in [7, 11) is 0. The maximum Gasteiger partial charge on any atom is 0.266 e. The van der Waals surface area contributed by atoms with Gasteiger partial charge in [0.15, 0.2) is 0 Å². The summed E-state index contributed by atoms with van der Waals surface area (Å²) >= 11 is 13.0. The fourth-order valence-electron chi connectivity index (χ4n) is 3.79. The smallest absolute Gasteiger partial charge is 0.266 e. The van der Waals surface area contributed by atoms with Crippen molar-refractivity contribution in [2.45, 2.75) is 39.2 Å². The van der Waals surface area contributed by atoms with E-state index in [0.29, 0.717) is 46.2 Å². The Morgan fingerprint density at radius 2 is 1.68 bits per heavy atom. The van der Waals surface area contributed by atoms with Gasteiger partial charge < -0.3 is 9.47 Å². The first-order valence-corrected chi connectivity index (χ1v) is 13.8. The highest BCUT2D eigenvalue weighted by Crippen LogP contribution is 2.36. The van der Waals surface area contributed by atoms with Crippen LogP contribution in [0.5, 0.6) is 11.5 Å². The lowest BCUT2D eigenvalue weighted by atomic mass is 9.87. The van der Waals surface area contributed by atoms with Crippen LogP contribution >= 0.6 is 35.6 Å². The van der Waals surface area contributed by atoms with Gasteiger partial charge in [-0.05, 0) is 52.9 Å². The zero-order valence-electron chi connectivity index (χ0n) is 21.2. The first kappa shape index (κ1) is 27.2. The zero-order valence-corrected chi connectivity index (χ0v) is 23.6. The predicted octanol–water partition coefficient (Wildman–Crippen LogP) is 7.89. The lowest BCUT2D eigenvalue weighted by molar-refractivity contribution is -0.122. The second kappa shape index (κ2) is 12.2. The molecule has 0 N–H and O–H groups in total. The number of halogens is 1. The number of amides is 1. The topological polar surface area (TPSA) is 38.8 Å². The molecule has 4 nitrogen and oxygen atoms in total. The van der Waals surface area contributed by atoms with Crippen molar-refractivity contribution in [3.8, 4) is 11.5 Å². The van der Waals surface area contributed by atoms with Gasteiger partial charge in [-0.15, -0.1) is 0 Å². The zero-order chi connectivity index (χ0) is 26.4. The number of thioether (sulfide) groups is 1. The molecule has 1 fully saturated rings. The van der Waals surface area contributed by atoms with E-state index in [2.05, 4.69) is 32.9 Å². The Bertz CT molecular complexity index is 1280. The van der Waals surface area contributed by atoms with Crippen LogP contribution in [0.25, 0.3) is 6.08 Å². The van der Waals surface area contributed by atoms with Crippen LogP contribution in [0.3, 0.4) is 0 Å². The molecule has 1 aliphatic rings. The standard InChI is InChI=1S/C30H30ClNO3S2/c1-30(2,3)23-10-13-25(14-11-23)34-16-7-17-35-26-15-12-24(31)18-22(26)19-27-28(33)32(29(36)37-27)20-21-8-5-4-6-9-21/h4-6,8-15,18-19H,7,16-17,20H2,1-3H3. The molecule has 0 aromatic heterocycles. The van der Waals surface area contributed by atoms with E-state index in [1.807, 2.05) is 48.5 Å². The largest absolute Gasteiger partial charge is 0.493 e. The Labute approximate surface area is 233 Å². The normalized spacial score (nSPS) is 14.9. The highest BCUT2D eigenvalue weighted by molar-refractivity contribution is 8.26. The maximum atomic E-state index is 13.1. The first-order valence-electron chi connectivity index (χ1n) is 12.2. The van der Waals surface area contributed by atoms with Crippen LogP contribution in [0.4, 0.5) is 0 Å². The second-order valence-corrected chi connectivity index (χ2v) is 11.9. The molecule has 3 aromatic rings. The van der Waals surface area contributed by atoms with Crippen molar-refractivity contribution in [3.63, 3.8) is 0 Å². The fourth-order valence-corrected chi connectivity index (χ4v) is 5.22. The first-order chi connectivity index (χ1) is 17.7. The third kappa shape index (κ3) is 7.37. The van der Waals surface area contributed by atoms with Gasteiger partial charge in [0, 0.05) is 17.0 Å². The summed E-state index contributed by atoms with van der Waals surface area (Å²) in [5.74, 6) is 1.39. The minimum absolute atomic E-state index is 0.115. The van der Waals surface area contributed by atoms with Crippen molar-refractivity contribution in [3.05, 3.63) is 99.4 Å². The summed E-state index contributed by atoms with van der Waals surface area (Å²) in [6.07, 6.45) is 2.51. The number of rotatable bonds is 9. The van der Waals surface area contributed by atoms with Gasteiger partial charge in [0.05, 0.1) is 24.7 Å². The summed E-state index contributed by atoms with van der Waals surface area (Å²) in [5, 5.41) is 0.570. The molecule has 4 rings (SSSR count). The van der Waals surface area contributed by atoms with E-state index in [1.54, 1.807) is 23.1 Å². The van der Waals surface area contributed by atoms with E-state index < -0.39 is 0 Å². The number of hydrogen-bond acceptors (Lipinski definition) is 5. The van der Waals surface area contributed by atoms with Gasteiger partial charge in [0.2, 0.25) is 0 Å². The summed E-state index contributed by atoms with van der Waals surface area (Å²) in [4.78, 5) is 15.3.